The molecule has 1 heterocycles. The first-order valence-corrected chi connectivity index (χ1v) is 9.71. The van der Waals surface area contributed by atoms with Gasteiger partial charge in [0.15, 0.2) is 0 Å². The number of unbranched alkanes of at least 4 members (excludes halogenated alkanes) is 3. The molecule has 2 rings (SSSR count). The average Bonchev–Trinajstić information content (AvgIpc) is 3.18. The predicted molar refractivity (Wildman–Crippen MR) is 110 cm³/mol. The number of carboxylic acid groups (broad SMARTS) is 2. The normalized spacial score (nSPS) is 10.2. The maximum atomic E-state index is 9.10. The molecule has 0 fully saturated rings. The van der Waals surface area contributed by atoms with E-state index in [2.05, 4.69) is 38.2 Å². The third-order valence-corrected chi connectivity index (χ3v) is 4.33. The zero-order valence-corrected chi connectivity index (χ0v) is 17.4. The predicted octanol–water partition coefficient (Wildman–Crippen LogP) is 4.09. The van der Waals surface area contributed by atoms with Gasteiger partial charge in [-0.2, -0.15) is 0 Å². The molecule has 0 amide bonds. The summed E-state index contributed by atoms with van der Waals surface area (Å²) in [6, 6.07) is 8.27. The molecule has 0 bridgehead atoms. The molecule has 29 heavy (non-hydrogen) atoms. The number of aryl methyl sites for hydroxylation is 2. The third-order valence-electron chi connectivity index (χ3n) is 4.33. The fraction of sp³-hybridized carbons (Fsp3) is 0.455. The molecule has 0 aliphatic rings. The monoisotopic (exact) mass is 405 g/mol. The van der Waals surface area contributed by atoms with Crippen LogP contribution in [0.5, 0.6) is 5.75 Å². The minimum absolute atomic E-state index is 0.809. The summed E-state index contributed by atoms with van der Waals surface area (Å²) in [6.45, 7) is 9.07. The van der Waals surface area contributed by atoms with Gasteiger partial charge >= 0.3 is 11.9 Å². The van der Waals surface area contributed by atoms with Crippen LogP contribution in [0, 0.1) is 20.8 Å². The van der Waals surface area contributed by atoms with Crippen molar-refractivity contribution in [3.8, 4) is 5.75 Å². The molecule has 7 nitrogen and oxygen atoms in total. The van der Waals surface area contributed by atoms with Crippen molar-refractivity contribution in [1.82, 2.24) is 5.32 Å². The number of carbonyl (C=O) groups is 2. The highest BCUT2D eigenvalue weighted by Gasteiger charge is 2.04. The van der Waals surface area contributed by atoms with Crippen LogP contribution in [0.2, 0.25) is 0 Å². The van der Waals surface area contributed by atoms with Crippen LogP contribution in [-0.2, 0) is 16.1 Å². The molecule has 0 aliphatic heterocycles. The smallest absolute Gasteiger partial charge is 0.414 e. The summed E-state index contributed by atoms with van der Waals surface area (Å²) in [5.41, 5.74) is 3.84. The first-order chi connectivity index (χ1) is 13.8. The number of ether oxygens (including phenoxy) is 1. The molecule has 0 atom stereocenters. The molecular formula is C22H31NO6. The van der Waals surface area contributed by atoms with E-state index in [1.165, 1.54) is 36.0 Å². The highest BCUT2D eigenvalue weighted by Crippen LogP contribution is 2.23. The third kappa shape index (κ3) is 10.4. The van der Waals surface area contributed by atoms with Crippen molar-refractivity contribution in [2.24, 2.45) is 0 Å². The van der Waals surface area contributed by atoms with Gasteiger partial charge in [0, 0.05) is 0 Å². The fourth-order valence-corrected chi connectivity index (χ4v) is 2.66. The van der Waals surface area contributed by atoms with Gasteiger partial charge in [0.1, 0.15) is 11.5 Å². The molecule has 0 unspecified atom stereocenters. The van der Waals surface area contributed by atoms with E-state index in [4.69, 9.17) is 29.0 Å². The lowest BCUT2D eigenvalue weighted by molar-refractivity contribution is -0.159. The first kappa shape index (κ1) is 24.2. The van der Waals surface area contributed by atoms with E-state index in [1.54, 1.807) is 6.26 Å². The second-order valence-electron chi connectivity index (χ2n) is 6.83. The zero-order chi connectivity index (χ0) is 21.6. The quantitative estimate of drug-likeness (QED) is 0.403. The van der Waals surface area contributed by atoms with Crippen molar-refractivity contribution in [3.05, 3.63) is 53.0 Å². The van der Waals surface area contributed by atoms with Gasteiger partial charge in [0.2, 0.25) is 0 Å². The molecule has 1 aromatic carbocycles. The number of aliphatic carboxylic acids is 2. The van der Waals surface area contributed by atoms with Gasteiger partial charge in [-0.15, -0.1) is 0 Å². The summed E-state index contributed by atoms with van der Waals surface area (Å²) in [5.74, 6) is -1.60. The molecule has 0 spiro atoms. The average molecular weight is 405 g/mol. The number of nitrogens with one attached hydrogen (secondary N) is 1. The standard InChI is InChI=1S/C20H29NO2.C2H2O4/c1-16-13-17(2)18(3)20(14-16)23-11-7-5-4-6-10-21-15-19-9-8-12-22-19;3-1(4)2(5)6/h8-9,12-14,21H,4-7,10-11,15H2,1-3H3;(H,3,4)(H,5,6). The highest BCUT2D eigenvalue weighted by atomic mass is 16.5. The lowest BCUT2D eigenvalue weighted by Crippen LogP contribution is -2.14. The Kier molecular flexibility index (Phi) is 11.2. The topological polar surface area (TPSA) is 109 Å². The van der Waals surface area contributed by atoms with Crippen LogP contribution in [0.3, 0.4) is 0 Å². The summed E-state index contributed by atoms with van der Waals surface area (Å²) >= 11 is 0. The van der Waals surface area contributed by atoms with E-state index in [1.807, 2.05) is 12.1 Å². The molecule has 2 aromatic rings. The van der Waals surface area contributed by atoms with Crippen LogP contribution in [0.25, 0.3) is 0 Å². The van der Waals surface area contributed by atoms with Gasteiger partial charge in [-0.25, -0.2) is 9.59 Å². The fourth-order valence-electron chi connectivity index (χ4n) is 2.66. The van der Waals surface area contributed by atoms with Gasteiger partial charge in [0.05, 0.1) is 19.4 Å². The van der Waals surface area contributed by atoms with E-state index >= 15 is 0 Å². The second kappa shape index (κ2) is 13.4. The lowest BCUT2D eigenvalue weighted by atomic mass is 10.1. The summed E-state index contributed by atoms with van der Waals surface area (Å²) in [7, 11) is 0. The molecule has 0 saturated heterocycles. The molecule has 7 heteroatoms. The van der Waals surface area contributed by atoms with Gasteiger partial charge in [0.25, 0.3) is 0 Å². The van der Waals surface area contributed by atoms with Crippen molar-refractivity contribution in [3.63, 3.8) is 0 Å². The van der Waals surface area contributed by atoms with Gasteiger partial charge in [-0.3, -0.25) is 0 Å². The lowest BCUT2D eigenvalue weighted by Gasteiger charge is -2.12. The SMILES string of the molecule is Cc1cc(C)c(C)c(OCCCCCCNCc2ccco2)c1.O=C(O)C(=O)O. The number of hydrogen-bond donors (Lipinski definition) is 3. The highest BCUT2D eigenvalue weighted by molar-refractivity contribution is 6.27. The molecule has 0 radical (unpaired) electrons. The van der Waals surface area contributed by atoms with Gasteiger partial charge in [-0.1, -0.05) is 18.9 Å². The second-order valence-corrected chi connectivity index (χ2v) is 6.83. The number of rotatable bonds is 10. The Bertz CT molecular complexity index is 743. The van der Waals surface area contributed by atoms with E-state index in [-0.39, 0.29) is 0 Å². The molecule has 1 aromatic heterocycles. The van der Waals surface area contributed by atoms with Gasteiger partial charge in [-0.05, 0) is 75.0 Å². The Balaban J connectivity index is 0.000000612. The van der Waals surface area contributed by atoms with E-state index < -0.39 is 11.9 Å². The summed E-state index contributed by atoms with van der Waals surface area (Å²) in [5, 5.41) is 18.2. The van der Waals surface area contributed by atoms with Crippen LogP contribution in [-0.4, -0.2) is 35.3 Å². The van der Waals surface area contributed by atoms with Crippen molar-refractivity contribution >= 4 is 11.9 Å². The maximum Gasteiger partial charge on any atom is 0.414 e. The largest absolute Gasteiger partial charge is 0.493 e. The van der Waals surface area contributed by atoms with E-state index in [0.717, 1.165) is 37.6 Å². The van der Waals surface area contributed by atoms with Crippen molar-refractivity contribution in [2.75, 3.05) is 13.2 Å². The molecule has 0 saturated carbocycles. The number of carboxylic acids is 2. The molecular weight excluding hydrogens is 374 g/mol. The first-order valence-electron chi connectivity index (χ1n) is 9.71. The Morgan fingerprint density at radius 3 is 2.34 bits per heavy atom. The Morgan fingerprint density at radius 2 is 1.72 bits per heavy atom. The van der Waals surface area contributed by atoms with E-state index in [0.29, 0.717) is 0 Å². The minimum Gasteiger partial charge on any atom is -0.493 e. The number of benzene rings is 1. The summed E-state index contributed by atoms with van der Waals surface area (Å²) < 4.78 is 11.2. The molecule has 160 valence electrons. The maximum absolute atomic E-state index is 9.10. The minimum atomic E-state index is -1.82. The number of furan rings is 1. The van der Waals surface area contributed by atoms with Crippen molar-refractivity contribution in [1.29, 1.82) is 0 Å². The molecule has 3 N–H and O–H groups in total. The van der Waals surface area contributed by atoms with E-state index in [9.17, 15) is 0 Å². The summed E-state index contributed by atoms with van der Waals surface area (Å²) in [4.78, 5) is 18.2. The van der Waals surface area contributed by atoms with Crippen LogP contribution in [0.15, 0.2) is 34.9 Å². The van der Waals surface area contributed by atoms with Crippen molar-refractivity contribution in [2.45, 2.75) is 53.0 Å². The Morgan fingerprint density at radius 1 is 1.03 bits per heavy atom. The Hall–Kier alpha value is -2.80. The zero-order valence-electron chi connectivity index (χ0n) is 17.4. The van der Waals surface area contributed by atoms with Crippen LogP contribution >= 0.6 is 0 Å². The Labute approximate surface area is 171 Å². The van der Waals surface area contributed by atoms with Crippen LogP contribution in [0.4, 0.5) is 0 Å². The van der Waals surface area contributed by atoms with Crippen LogP contribution < -0.4 is 10.1 Å². The van der Waals surface area contributed by atoms with Crippen molar-refractivity contribution < 1.29 is 29.0 Å². The molecule has 0 aliphatic carbocycles. The number of hydrogen-bond acceptors (Lipinski definition) is 5. The van der Waals surface area contributed by atoms with Gasteiger partial charge < -0.3 is 24.7 Å². The van der Waals surface area contributed by atoms with Crippen LogP contribution in [0.1, 0.15) is 48.1 Å². The summed E-state index contributed by atoms with van der Waals surface area (Å²) in [6.07, 6.45) is 6.48.